The molecule has 2 atom stereocenters. The van der Waals surface area contributed by atoms with Gasteiger partial charge in [0.2, 0.25) is 5.91 Å². The highest BCUT2D eigenvalue weighted by molar-refractivity contribution is 5.75. The molecule has 1 amide bonds. The summed E-state index contributed by atoms with van der Waals surface area (Å²) in [4.78, 5) is 11.0. The Morgan fingerprint density at radius 2 is 2.04 bits per heavy atom. The Labute approximate surface area is 147 Å². The van der Waals surface area contributed by atoms with Crippen LogP contribution in [0.2, 0.25) is 0 Å². The van der Waals surface area contributed by atoms with Crippen molar-refractivity contribution < 1.29 is 13.9 Å². The zero-order valence-corrected chi connectivity index (χ0v) is 14.1. The molecule has 1 aliphatic rings. The predicted molar refractivity (Wildman–Crippen MR) is 94.8 cm³/mol. The van der Waals surface area contributed by atoms with Crippen LogP contribution >= 0.6 is 0 Å². The van der Waals surface area contributed by atoms with Crippen LogP contribution in [-0.4, -0.2) is 18.5 Å². The topological polar surface area (TPSA) is 64.4 Å². The van der Waals surface area contributed by atoms with Crippen LogP contribution in [0.5, 0.6) is 5.75 Å². The van der Waals surface area contributed by atoms with Crippen LogP contribution in [0.3, 0.4) is 0 Å². The quantitative estimate of drug-likeness (QED) is 0.812. The fourth-order valence-corrected chi connectivity index (χ4v) is 3.45. The zero-order valence-electron chi connectivity index (χ0n) is 14.1. The van der Waals surface area contributed by atoms with Gasteiger partial charge in [0, 0.05) is 11.6 Å². The summed E-state index contributed by atoms with van der Waals surface area (Å²) < 4.78 is 19.5. The molecule has 0 aliphatic heterocycles. The fourth-order valence-electron chi connectivity index (χ4n) is 3.45. The molecule has 3 N–H and O–H groups in total. The second-order valence-corrected chi connectivity index (χ2v) is 6.44. The smallest absolute Gasteiger partial charge is 0.231 e. The number of benzene rings is 2. The van der Waals surface area contributed by atoms with E-state index in [0.717, 1.165) is 25.0 Å². The fraction of sp³-hybridized carbons (Fsp3) is 0.350. The van der Waals surface area contributed by atoms with Crippen molar-refractivity contribution in [3.05, 3.63) is 65.5 Å². The third kappa shape index (κ3) is 4.57. The highest BCUT2D eigenvalue weighted by Gasteiger charge is 2.28. The number of hydrogen-bond donors (Lipinski definition) is 2. The minimum Gasteiger partial charge on any atom is -0.489 e. The Morgan fingerprint density at radius 3 is 2.84 bits per heavy atom. The lowest BCUT2D eigenvalue weighted by molar-refractivity contribution is -0.117. The number of nitrogens with one attached hydrogen (secondary N) is 1. The van der Waals surface area contributed by atoms with Crippen molar-refractivity contribution in [2.45, 2.75) is 37.8 Å². The van der Waals surface area contributed by atoms with E-state index >= 15 is 0 Å². The average molecular weight is 342 g/mol. The molecule has 5 heteroatoms. The summed E-state index contributed by atoms with van der Waals surface area (Å²) in [7, 11) is 0. The summed E-state index contributed by atoms with van der Waals surface area (Å²) in [6.07, 6.45) is 3.20. The number of nitrogens with two attached hydrogens (primary N) is 1. The summed E-state index contributed by atoms with van der Waals surface area (Å²) >= 11 is 0. The molecule has 0 spiro atoms. The average Bonchev–Trinajstić information content (AvgIpc) is 3.08. The maximum absolute atomic E-state index is 13.7. The first-order chi connectivity index (χ1) is 12.1. The number of primary amides is 1. The van der Waals surface area contributed by atoms with Crippen molar-refractivity contribution in [2.24, 2.45) is 5.73 Å². The van der Waals surface area contributed by atoms with Gasteiger partial charge in [-0.2, -0.15) is 0 Å². The van der Waals surface area contributed by atoms with Crippen LogP contribution in [0.25, 0.3) is 0 Å². The van der Waals surface area contributed by atoms with Crippen LogP contribution in [0.1, 0.15) is 36.3 Å². The molecule has 1 fully saturated rings. The lowest BCUT2D eigenvalue weighted by Crippen LogP contribution is -2.37. The normalized spacial score (nSPS) is 19.7. The lowest BCUT2D eigenvalue weighted by Gasteiger charge is -2.21. The first-order valence-corrected chi connectivity index (χ1v) is 8.61. The number of amides is 1. The Balaban J connectivity index is 1.66. The molecular formula is C20H23FN2O2. The summed E-state index contributed by atoms with van der Waals surface area (Å²) in [5.74, 6) is 0.454. The maximum atomic E-state index is 13.7. The van der Waals surface area contributed by atoms with Crippen molar-refractivity contribution >= 4 is 5.91 Å². The maximum Gasteiger partial charge on any atom is 0.231 e. The van der Waals surface area contributed by atoms with Gasteiger partial charge in [0.05, 0.1) is 6.54 Å². The van der Waals surface area contributed by atoms with Gasteiger partial charge in [-0.1, -0.05) is 36.8 Å². The van der Waals surface area contributed by atoms with Crippen LogP contribution in [-0.2, 0) is 11.4 Å². The van der Waals surface area contributed by atoms with Gasteiger partial charge in [-0.25, -0.2) is 4.39 Å². The Morgan fingerprint density at radius 1 is 1.20 bits per heavy atom. The SMILES string of the molecule is NC(=O)CN[C@@H]1CCC[C@H]1c1cccc(OCc2ccccc2F)c1. The number of carbonyl (C=O) groups is 1. The summed E-state index contributed by atoms with van der Waals surface area (Å²) in [6, 6.07) is 14.8. The number of ether oxygens (including phenoxy) is 1. The van der Waals surface area contributed by atoms with E-state index in [4.69, 9.17) is 10.5 Å². The third-order valence-corrected chi connectivity index (χ3v) is 4.69. The molecule has 25 heavy (non-hydrogen) atoms. The van der Waals surface area contributed by atoms with E-state index in [1.807, 2.05) is 18.2 Å². The molecule has 0 heterocycles. The van der Waals surface area contributed by atoms with E-state index in [0.29, 0.717) is 11.5 Å². The molecule has 2 aromatic carbocycles. The van der Waals surface area contributed by atoms with Gasteiger partial charge in [0.25, 0.3) is 0 Å². The molecule has 0 radical (unpaired) electrons. The predicted octanol–water partition coefficient (Wildman–Crippen LogP) is 3.12. The minimum absolute atomic E-state index is 0.199. The van der Waals surface area contributed by atoms with Gasteiger partial charge in [0.1, 0.15) is 18.2 Å². The van der Waals surface area contributed by atoms with E-state index in [1.54, 1.807) is 18.2 Å². The largest absolute Gasteiger partial charge is 0.489 e. The van der Waals surface area contributed by atoms with Crippen LogP contribution in [0.15, 0.2) is 48.5 Å². The van der Waals surface area contributed by atoms with Crippen molar-refractivity contribution in [3.63, 3.8) is 0 Å². The monoisotopic (exact) mass is 342 g/mol. The van der Waals surface area contributed by atoms with Crippen molar-refractivity contribution in [3.8, 4) is 5.75 Å². The molecule has 0 aromatic heterocycles. The summed E-state index contributed by atoms with van der Waals surface area (Å²) in [5, 5.41) is 3.25. The van der Waals surface area contributed by atoms with Gasteiger partial charge in [0.15, 0.2) is 0 Å². The standard InChI is InChI=1S/C20H23FN2O2/c21-18-9-2-1-5-15(18)13-25-16-7-3-6-14(11-16)17-8-4-10-19(17)23-12-20(22)24/h1-3,5-7,9,11,17,19,23H,4,8,10,12-13H2,(H2,22,24)/t17-,19+/m0/s1. The number of halogens is 1. The van der Waals surface area contributed by atoms with E-state index in [2.05, 4.69) is 11.4 Å². The Kier molecular flexibility index (Phi) is 5.66. The zero-order chi connectivity index (χ0) is 17.6. The van der Waals surface area contributed by atoms with Gasteiger partial charge in [-0.3, -0.25) is 4.79 Å². The molecule has 0 bridgehead atoms. The van der Waals surface area contributed by atoms with Crippen LogP contribution < -0.4 is 15.8 Å². The van der Waals surface area contributed by atoms with Crippen molar-refractivity contribution in [1.29, 1.82) is 0 Å². The molecule has 0 unspecified atom stereocenters. The molecular weight excluding hydrogens is 319 g/mol. The third-order valence-electron chi connectivity index (χ3n) is 4.69. The first-order valence-electron chi connectivity index (χ1n) is 8.61. The number of rotatable bonds is 7. The number of carbonyl (C=O) groups excluding carboxylic acids is 1. The Bertz CT molecular complexity index is 735. The van der Waals surface area contributed by atoms with Gasteiger partial charge < -0.3 is 15.8 Å². The molecule has 1 aliphatic carbocycles. The molecule has 2 aromatic rings. The van der Waals surface area contributed by atoms with Gasteiger partial charge >= 0.3 is 0 Å². The van der Waals surface area contributed by atoms with E-state index in [-0.39, 0.29) is 30.9 Å². The van der Waals surface area contributed by atoms with Gasteiger partial charge in [-0.15, -0.1) is 0 Å². The highest BCUT2D eigenvalue weighted by atomic mass is 19.1. The van der Waals surface area contributed by atoms with Crippen LogP contribution in [0.4, 0.5) is 4.39 Å². The molecule has 132 valence electrons. The van der Waals surface area contributed by atoms with Gasteiger partial charge in [-0.05, 0) is 42.5 Å². The molecule has 0 saturated heterocycles. The molecule has 3 rings (SSSR count). The van der Waals surface area contributed by atoms with E-state index in [9.17, 15) is 9.18 Å². The summed E-state index contributed by atoms with van der Waals surface area (Å²) in [5.41, 5.74) is 6.94. The van der Waals surface area contributed by atoms with Crippen LogP contribution in [0, 0.1) is 5.82 Å². The first kappa shape index (κ1) is 17.4. The second-order valence-electron chi connectivity index (χ2n) is 6.44. The second kappa shape index (κ2) is 8.12. The van der Waals surface area contributed by atoms with Crippen molar-refractivity contribution in [1.82, 2.24) is 5.32 Å². The molecule has 4 nitrogen and oxygen atoms in total. The van der Waals surface area contributed by atoms with Crippen molar-refractivity contribution in [2.75, 3.05) is 6.54 Å². The number of hydrogen-bond acceptors (Lipinski definition) is 3. The van der Waals surface area contributed by atoms with E-state index in [1.165, 1.54) is 11.6 Å². The molecule has 1 saturated carbocycles. The summed E-state index contributed by atoms with van der Waals surface area (Å²) in [6.45, 7) is 0.398. The van der Waals surface area contributed by atoms with E-state index < -0.39 is 0 Å². The lowest BCUT2D eigenvalue weighted by atomic mass is 9.94. The minimum atomic E-state index is -0.340. The Hall–Kier alpha value is -2.40. The highest BCUT2D eigenvalue weighted by Crippen LogP contribution is 2.36.